The summed E-state index contributed by atoms with van der Waals surface area (Å²) in [6.07, 6.45) is 0. The summed E-state index contributed by atoms with van der Waals surface area (Å²) in [4.78, 5) is 11.1. The highest BCUT2D eigenvalue weighted by Crippen LogP contribution is 2.14. The fourth-order valence-electron chi connectivity index (χ4n) is 1.90. The van der Waals surface area contributed by atoms with E-state index < -0.39 is 5.97 Å². The van der Waals surface area contributed by atoms with Crippen LogP contribution in [-0.4, -0.2) is 33.2 Å². The Balaban J connectivity index is 2.35. The molecule has 0 saturated carbocycles. The van der Waals surface area contributed by atoms with Crippen LogP contribution in [0.5, 0.6) is 0 Å². The van der Waals surface area contributed by atoms with Gasteiger partial charge in [0.25, 0.3) is 0 Å². The minimum Gasteiger partial charge on any atom is -0.476 e. The van der Waals surface area contributed by atoms with Crippen LogP contribution in [-0.2, 0) is 17.9 Å². The molecule has 0 bridgehead atoms. The Kier molecular flexibility index (Phi) is 4.09. The molecule has 0 unspecified atom stereocenters. The number of nitrogens with zero attached hydrogens (tertiary/aromatic N) is 3. The SMILES string of the molecule is COCc1c(C(=O)O)nnn1Cc1ccc(F)cc1C. The van der Waals surface area contributed by atoms with E-state index in [0.29, 0.717) is 12.2 Å². The van der Waals surface area contributed by atoms with E-state index in [9.17, 15) is 9.18 Å². The molecule has 6 nitrogen and oxygen atoms in total. The van der Waals surface area contributed by atoms with E-state index >= 15 is 0 Å². The van der Waals surface area contributed by atoms with Crippen LogP contribution >= 0.6 is 0 Å². The molecule has 1 aromatic heterocycles. The Morgan fingerprint density at radius 2 is 2.25 bits per heavy atom. The minimum absolute atomic E-state index is 0.0921. The molecule has 2 aromatic rings. The van der Waals surface area contributed by atoms with Crippen molar-refractivity contribution in [3.05, 3.63) is 46.5 Å². The molecule has 106 valence electrons. The van der Waals surface area contributed by atoms with E-state index in [1.165, 1.54) is 23.9 Å². The van der Waals surface area contributed by atoms with Gasteiger partial charge in [-0.15, -0.1) is 5.10 Å². The number of methoxy groups -OCH3 is 1. The first-order valence-corrected chi connectivity index (χ1v) is 5.92. The van der Waals surface area contributed by atoms with Gasteiger partial charge in [0.1, 0.15) is 5.82 Å². The lowest BCUT2D eigenvalue weighted by Crippen LogP contribution is -2.11. The third-order valence-corrected chi connectivity index (χ3v) is 2.95. The zero-order valence-electron chi connectivity index (χ0n) is 11.1. The molecule has 0 fully saturated rings. The number of rotatable bonds is 5. The van der Waals surface area contributed by atoms with Crippen molar-refractivity contribution in [2.24, 2.45) is 0 Å². The summed E-state index contributed by atoms with van der Waals surface area (Å²) in [7, 11) is 1.46. The van der Waals surface area contributed by atoms with Crippen LogP contribution in [0.3, 0.4) is 0 Å². The van der Waals surface area contributed by atoms with Gasteiger partial charge in [-0.1, -0.05) is 11.3 Å². The molecule has 2 rings (SSSR count). The van der Waals surface area contributed by atoms with Crippen LogP contribution in [0.15, 0.2) is 18.2 Å². The van der Waals surface area contributed by atoms with Crippen molar-refractivity contribution in [2.75, 3.05) is 7.11 Å². The molecule has 1 N–H and O–H groups in total. The van der Waals surface area contributed by atoms with Gasteiger partial charge in [0.2, 0.25) is 0 Å². The van der Waals surface area contributed by atoms with Gasteiger partial charge in [0, 0.05) is 7.11 Å². The first kappa shape index (κ1) is 14.1. The van der Waals surface area contributed by atoms with Crippen molar-refractivity contribution < 1.29 is 19.0 Å². The van der Waals surface area contributed by atoms with E-state index in [1.54, 1.807) is 13.0 Å². The van der Waals surface area contributed by atoms with Crippen LogP contribution in [0.4, 0.5) is 4.39 Å². The number of carboxylic acid groups (broad SMARTS) is 1. The van der Waals surface area contributed by atoms with Crippen LogP contribution in [0, 0.1) is 12.7 Å². The van der Waals surface area contributed by atoms with Gasteiger partial charge in [-0.05, 0) is 30.2 Å². The largest absolute Gasteiger partial charge is 0.476 e. The molecule has 1 heterocycles. The molecule has 1 aromatic carbocycles. The Labute approximate surface area is 114 Å². The van der Waals surface area contributed by atoms with Crippen molar-refractivity contribution in [1.82, 2.24) is 15.0 Å². The molecule has 0 atom stereocenters. The number of benzene rings is 1. The summed E-state index contributed by atoms with van der Waals surface area (Å²) >= 11 is 0. The molecule has 0 aliphatic rings. The van der Waals surface area contributed by atoms with Crippen molar-refractivity contribution in [1.29, 1.82) is 0 Å². The Morgan fingerprint density at radius 1 is 1.50 bits per heavy atom. The summed E-state index contributed by atoms with van der Waals surface area (Å²) in [6, 6.07) is 4.41. The van der Waals surface area contributed by atoms with Crippen LogP contribution in [0.2, 0.25) is 0 Å². The second-order valence-electron chi connectivity index (χ2n) is 4.35. The number of carboxylic acids is 1. The Bertz CT molecular complexity index is 640. The zero-order valence-corrected chi connectivity index (χ0v) is 11.1. The van der Waals surface area contributed by atoms with E-state index in [-0.39, 0.29) is 18.1 Å². The lowest BCUT2D eigenvalue weighted by atomic mass is 10.1. The summed E-state index contributed by atoms with van der Waals surface area (Å²) in [5.74, 6) is -1.47. The molecule has 7 heteroatoms. The fraction of sp³-hybridized carbons (Fsp3) is 0.308. The number of ether oxygens (including phenoxy) is 1. The molecule has 0 saturated heterocycles. The van der Waals surface area contributed by atoms with Gasteiger partial charge in [0.05, 0.1) is 18.8 Å². The van der Waals surface area contributed by atoms with Crippen LogP contribution in [0.25, 0.3) is 0 Å². The Morgan fingerprint density at radius 3 is 2.85 bits per heavy atom. The molecule has 0 amide bonds. The lowest BCUT2D eigenvalue weighted by molar-refractivity contribution is 0.0684. The summed E-state index contributed by atoms with van der Waals surface area (Å²) < 4.78 is 19.5. The quantitative estimate of drug-likeness (QED) is 0.899. The second kappa shape index (κ2) is 5.79. The molecule has 0 radical (unpaired) electrons. The summed E-state index contributed by atoms with van der Waals surface area (Å²) in [6.45, 7) is 2.18. The van der Waals surface area contributed by atoms with Gasteiger partial charge in [-0.3, -0.25) is 0 Å². The topological polar surface area (TPSA) is 77.2 Å². The summed E-state index contributed by atoms with van der Waals surface area (Å²) in [5, 5.41) is 16.5. The summed E-state index contributed by atoms with van der Waals surface area (Å²) in [5.41, 5.74) is 1.85. The fourth-order valence-corrected chi connectivity index (χ4v) is 1.90. The van der Waals surface area contributed by atoms with Gasteiger partial charge < -0.3 is 9.84 Å². The zero-order chi connectivity index (χ0) is 14.7. The van der Waals surface area contributed by atoms with Crippen LogP contribution < -0.4 is 0 Å². The van der Waals surface area contributed by atoms with Gasteiger partial charge in [-0.25, -0.2) is 13.9 Å². The van der Waals surface area contributed by atoms with Crippen molar-refractivity contribution in [3.63, 3.8) is 0 Å². The van der Waals surface area contributed by atoms with Gasteiger partial charge in [-0.2, -0.15) is 0 Å². The van der Waals surface area contributed by atoms with E-state index in [4.69, 9.17) is 9.84 Å². The Hall–Kier alpha value is -2.28. The average molecular weight is 279 g/mol. The molecular weight excluding hydrogens is 265 g/mol. The van der Waals surface area contributed by atoms with Gasteiger partial charge >= 0.3 is 5.97 Å². The van der Waals surface area contributed by atoms with Crippen molar-refractivity contribution >= 4 is 5.97 Å². The van der Waals surface area contributed by atoms with Crippen molar-refractivity contribution in [2.45, 2.75) is 20.1 Å². The normalized spacial score (nSPS) is 10.8. The highest BCUT2D eigenvalue weighted by atomic mass is 19.1. The number of aromatic nitrogens is 3. The third kappa shape index (κ3) is 2.83. The maximum absolute atomic E-state index is 13.1. The molecule has 0 spiro atoms. The number of aromatic carboxylic acids is 1. The maximum Gasteiger partial charge on any atom is 0.358 e. The van der Waals surface area contributed by atoms with E-state index in [0.717, 1.165) is 11.1 Å². The van der Waals surface area contributed by atoms with E-state index in [2.05, 4.69) is 10.3 Å². The average Bonchev–Trinajstić information content (AvgIpc) is 2.77. The first-order chi connectivity index (χ1) is 9.52. The number of hydrogen-bond donors (Lipinski definition) is 1. The molecular formula is C13H14FN3O3. The number of hydrogen-bond acceptors (Lipinski definition) is 4. The molecule has 0 aliphatic carbocycles. The molecule has 0 aliphatic heterocycles. The van der Waals surface area contributed by atoms with E-state index in [1.807, 2.05) is 0 Å². The highest BCUT2D eigenvalue weighted by molar-refractivity contribution is 5.86. The lowest BCUT2D eigenvalue weighted by Gasteiger charge is -2.09. The maximum atomic E-state index is 13.1. The predicted octanol–water partition coefficient (Wildman–Crippen LogP) is 1.62. The van der Waals surface area contributed by atoms with Gasteiger partial charge in [0.15, 0.2) is 5.69 Å². The minimum atomic E-state index is -1.15. The van der Waals surface area contributed by atoms with Crippen LogP contribution in [0.1, 0.15) is 27.3 Å². The second-order valence-corrected chi connectivity index (χ2v) is 4.35. The third-order valence-electron chi connectivity index (χ3n) is 2.95. The number of aryl methyl sites for hydroxylation is 1. The highest BCUT2D eigenvalue weighted by Gasteiger charge is 2.19. The van der Waals surface area contributed by atoms with Crippen molar-refractivity contribution in [3.8, 4) is 0 Å². The predicted molar refractivity (Wildman–Crippen MR) is 67.9 cm³/mol. The standard InChI is InChI=1S/C13H14FN3O3/c1-8-5-10(14)4-3-9(8)6-17-11(7-20-2)12(13(18)19)15-16-17/h3-5H,6-7H2,1-2H3,(H,18,19). The first-order valence-electron chi connectivity index (χ1n) is 5.92. The monoisotopic (exact) mass is 279 g/mol. The number of halogens is 1. The molecule has 20 heavy (non-hydrogen) atoms. The smallest absolute Gasteiger partial charge is 0.358 e. The number of carbonyl (C=O) groups is 1.